The number of aromatic nitrogens is 3. The van der Waals surface area contributed by atoms with Crippen molar-refractivity contribution in [3.05, 3.63) is 42.1 Å². The lowest BCUT2D eigenvalue weighted by atomic mass is 9.98. The summed E-state index contributed by atoms with van der Waals surface area (Å²) in [6.07, 6.45) is -4.69. The van der Waals surface area contributed by atoms with Gasteiger partial charge in [-0.05, 0) is 12.5 Å². The third-order valence-corrected chi connectivity index (χ3v) is 4.55. The van der Waals surface area contributed by atoms with Gasteiger partial charge >= 0.3 is 0 Å². The number of aliphatic hydroxyl groups excluding tert-OH is 4. The molecule has 9 heteroatoms. The van der Waals surface area contributed by atoms with Crippen molar-refractivity contribution in [1.29, 1.82) is 0 Å². The van der Waals surface area contributed by atoms with Gasteiger partial charge in [0, 0.05) is 13.1 Å². The molecule has 0 spiro atoms. The second-order valence-electron chi connectivity index (χ2n) is 6.28. The Labute approximate surface area is 151 Å². The van der Waals surface area contributed by atoms with Crippen LogP contribution in [0.4, 0.5) is 5.82 Å². The quantitative estimate of drug-likeness (QED) is 0.529. The van der Waals surface area contributed by atoms with Gasteiger partial charge in [-0.15, -0.1) is 5.10 Å². The fourth-order valence-corrected chi connectivity index (χ4v) is 3.00. The normalized spacial score (nSPS) is 28.9. The summed E-state index contributed by atoms with van der Waals surface area (Å²) < 4.78 is 6.79. The molecule has 1 aromatic heterocycles. The van der Waals surface area contributed by atoms with E-state index in [4.69, 9.17) is 4.74 Å². The van der Waals surface area contributed by atoms with Crippen molar-refractivity contribution >= 4 is 5.82 Å². The van der Waals surface area contributed by atoms with Crippen LogP contribution in [-0.4, -0.2) is 73.0 Å². The molecule has 2 aromatic rings. The lowest BCUT2D eigenvalue weighted by Crippen LogP contribution is -2.56. The van der Waals surface area contributed by atoms with E-state index in [9.17, 15) is 20.4 Å². The van der Waals surface area contributed by atoms with Gasteiger partial charge < -0.3 is 30.1 Å². The predicted molar refractivity (Wildman–Crippen MR) is 92.2 cm³/mol. The van der Waals surface area contributed by atoms with Gasteiger partial charge in [0.15, 0.2) is 12.0 Å². The Morgan fingerprint density at radius 1 is 1.12 bits per heavy atom. The zero-order valence-corrected chi connectivity index (χ0v) is 14.5. The number of anilines is 1. The third kappa shape index (κ3) is 3.71. The second-order valence-corrected chi connectivity index (χ2v) is 6.28. The van der Waals surface area contributed by atoms with Gasteiger partial charge in [-0.3, -0.25) is 0 Å². The molecular weight excluding hydrogens is 340 g/mol. The number of nitrogens with zero attached hydrogens (tertiary/aromatic N) is 4. The first-order valence-electron chi connectivity index (χ1n) is 8.56. The van der Waals surface area contributed by atoms with Crippen LogP contribution in [0.3, 0.4) is 0 Å². The van der Waals surface area contributed by atoms with Crippen LogP contribution in [0, 0.1) is 0 Å². The van der Waals surface area contributed by atoms with Crippen LogP contribution >= 0.6 is 0 Å². The zero-order valence-electron chi connectivity index (χ0n) is 14.5. The molecule has 0 saturated carbocycles. The van der Waals surface area contributed by atoms with E-state index >= 15 is 0 Å². The minimum atomic E-state index is -1.45. The molecule has 142 valence electrons. The van der Waals surface area contributed by atoms with Crippen LogP contribution in [0.1, 0.15) is 18.7 Å². The average Bonchev–Trinajstić information content (AvgIpc) is 3.15. The molecule has 0 radical (unpaired) electrons. The summed E-state index contributed by atoms with van der Waals surface area (Å²) in [4.78, 5) is 2.00. The lowest BCUT2D eigenvalue weighted by Gasteiger charge is -2.39. The highest BCUT2D eigenvalue weighted by atomic mass is 16.6. The Bertz CT molecular complexity index is 695. The topological polar surface area (TPSA) is 124 Å². The lowest BCUT2D eigenvalue weighted by molar-refractivity contribution is -0.254. The largest absolute Gasteiger partial charge is 0.394 e. The Morgan fingerprint density at radius 2 is 1.85 bits per heavy atom. The van der Waals surface area contributed by atoms with E-state index in [1.807, 2.05) is 42.2 Å². The predicted octanol–water partition coefficient (Wildman–Crippen LogP) is -0.723. The van der Waals surface area contributed by atoms with Crippen molar-refractivity contribution in [3.63, 3.8) is 0 Å². The van der Waals surface area contributed by atoms with Gasteiger partial charge in [0.1, 0.15) is 24.4 Å². The summed E-state index contributed by atoms with van der Waals surface area (Å²) in [6, 6.07) is 9.92. The van der Waals surface area contributed by atoms with Gasteiger partial charge in [-0.2, -0.15) is 0 Å². The molecule has 1 aliphatic heterocycles. The zero-order chi connectivity index (χ0) is 18.7. The highest BCUT2D eigenvalue weighted by Crippen LogP contribution is 2.28. The summed E-state index contributed by atoms with van der Waals surface area (Å²) in [5.74, 6) is 0.591. The summed E-state index contributed by atoms with van der Waals surface area (Å²) >= 11 is 0. The SMILES string of the molecule is CCN(Cc1ccccc1)c1cn([C@@H]2O[C@H](CO)[C@H](O)[C@H](O)[C@H]2O)nn1. The summed E-state index contributed by atoms with van der Waals surface area (Å²) in [7, 11) is 0. The molecule has 5 atom stereocenters. The number of hydrogen-bond acceptors (Lipinski definition) is 8. The van der Waals surface area contributed by atoms with Crippen LogP contribution < -0.4 is 4.90 Å². The molecule has 4 N–H and O–H groups in total. The van der Waals surface area contributed by atoms with Crippen LogP contribution in [-0.2, 0) is 11.3 Å². The van der Waals surface area contributed by atoms with Crippen molar-refractivity contribution in [2.75, 3.05) is 18.1 Å². The summed E-state index contributed by atoms with van der Waals surface area (Å²) in [5.41, 5.74) is 1.12. The van der Waals surface area contributed by atoms with Crippen molar-refractivity contribution in [2.24, 2.45) is 0 Å². The Kier molecular flexibility index (Phi) is 5.84. The molecule has 1 fully saturated rings. The molecule has 1 aromatic carbocycles. The fraction of sp³-hybridized carbons (Fsp3) is 0.529. The average molecular weight is 364 g/mol. The van der Waals surface area contributed by atoms with E-state index in [0.717, 1.165) is 5.56 Å². The maximum atomic E-state index is 10.2. The number of aliphatic hydroxyl groups is 4. The molecule has 26 heavy (non-hydrogen) atoms. The van der Waals surface area contributed by atoms with E-state index in [2.05, 4.69) is 10.3 Å². The van der Waals surface area contributed by atoms with E-state index in [0.29, 0.717) is 18.9 Å². The standard InChI is InChI=1S/C17H24N4O5/c1-2-20(8-11-6-4-3-5-7-11)13-9-21(19-18-13)17-16(25)15(24)14(23)12(10-22)26-17/h3-7,9,12,14-17,22-25H,2,8,10H2,1H3/t12-,14+,15+,16-,17-/m1/s1. The minimum absolute atomic E-state index is 0.488. The molecule has 1 aliphatic rings. The Hall–Kier alpha value is -2.04. The van der Waals surface area contributed by atoms with Crippen molar-refractivity contribution in [3.8, 4) is 0 Å². The minimum Gasteiger partial charge on any atom is -0.394 e. The molecule has 3 rings (SSSR count). The molecule has 1 saturated heterocycles. The number of hydrogen-bond donors (Lipinski definition) is 4. The summed E-state index contributed by atoms with van der Waals surface area (Å²) in [6.45, 7) is 2.85. The van der Waals surface area contributed by atoms with Gasteiger partial charge in [0.05, 0.1) is 12.8 Å². The highest BCUT2D eigenvalue weighted by Gasteiger charge is 2.44. The fourth-order valence-electron chi connectivity index (χ4n) is 3.00. The Balaban J connectivity index is 1.77. The molecule has 0 bridgehead atoms. The first-order valence-corrected chi connectivity index (χ1v) is 8.56. The van der Waals surface area contributed by atoms with Crippen molar-refractivity contribution in [2.45, 2.75) is 44.1 Å². The van der Waals surface area contributed by atoms with Crippen LogP contribution in [0.25, 0.3) is 0 Å². The van der Waals surface area contributed by atoms with E-state index < -0.39 is 37.3 Å². The number of rotatable bonds is 6. The van der Waals surface area contributed by atoms with Gasteiger partial charge in [0.25, 0.3) is 0 Å². The van der Waals surface area contributed by atoms with E-state index in [1.54, 1.807) is 6.20 Å². The van der Waals surface area contributed by atoms with Crippen molar-refractivity contribution < 1.29 is 25.2 Å². The van der Waals surface area contributed by atoms with Gasteiger partial charge in [0.2, 0.25) is 0 Å². The van der Waals surface area contributed by atoms with Crippen LogP contribution in [0.15, 0.2) is 36.5 Å². The summed E-state index contributed by atoms with van der Waals surface area (Å²) in [5, 5.41) is 47.4. The van der Waals surface area contributed by atoms with Gasteiger partial charge in [-0.25, -0.2) is 4.68 Å². The number of benzene rings is 1. The smallest absolute Gasteiger partial charge is 0.180 e. The second kappa shape index (κ2) is 8.11. The van der Waals surface area contributed by atoms with Gasteiger partial charge in [-0.1, -0.05) is 35.5 Å². The van der Waals surface area contributed by atoms with Crippen LogP contribution in [0.2, 0.25) is 0 Å². The first-order chi connectivity index (χ1) is 12.5. The van der Waals surface area contributed by atoms with E-state index in [-0.39, 0.29) is 0 Å². The van der Waals surface area contributed by atoms with Crippen LogP contribution in [0.5, 0.6) is 0 Å². The Morgan fingerprint density at radius 3 is 2.50 bits per heavy atom. The van der Waals surface area contributed by atoms with E-state index in [1.165, 1.54) is 4.68 Å². The molecule has 9 nitrogen and oxygen atoms in total. The first kappa shape index (κ1) is 18.7. The maximum Gasteiger partial charge on any atom is 0.180 e. The van der Waals surface area contributed by atoms with Crippen molar-refractivity contribution in [1.82, 2.24) is 15.0 Å². The molecule has 0 amide bonds. The molecule has 2 heterocycles. The number of ether oxygens (including phenoxy) is 1. The maximum absolute atomic E-state index is 10.2. The molecule has 0 unspecified atom stereocenters. The molecule has 0 aliphatic carbocycles. The highest BCUT2D eigenvalue weighted by molar-refractivity contribution is 5.36. The third-order valence-electron chi connectivity index (χ3n) is 4.55. The molecular formula is C17H24N4O5. The monoisotopic (exact) mass is 364 g/mol.